The predicted molar refractivity (Wildman–Crippen MR) is 76.3 cm³/mol. The van der Waals surface area contributed by atoms with Gasteiger partial charge in [0.05, 0.1) is 17.3 Å². The molecule has 2 rings (SSSR count). The van der Waals surface area contributed by atoms with Gasteiger partial charge in [0.2, 0.25) is 0 Å². The van der Waals surface area contributed by atoms with Crippen LogP contribution in [0.1, 0.15) is 16.7 Å². The van der Waals surface area contributed by atoms with E-state index in [4.69, 9.17) is 11.0 Å². The van der Waals surface area contributed by atoms with E-state index in [0.29, 0.717) is 17.9 Å². The molecule has 19 heavy (non-hydrogen) atoms. The smallest absolute Gasteiger partial charge is 0.124 e. The van der Waals surface area contributed by atoms with Gasteiger partial charge in [0.15, 0.2) is 0 Å². The SMILES string of the molecule is CNCc1cc(C#N)cc(-c2cc(C)cc(N)n2)c1. The van der Waals surface area contributed by atoms with E-state index in [9.17, 15) is 0 Å². The summed E-state index contributed by atoms with van der Waals surface area (Å²) >= 11 is 0. The maximum absolute atomic E-state index is 9.10. The van der Waals surface area contributed by atoms with Crippen molar-refractivity contribution in [3.63, 3.8) is 0 Å². The third kappa shape index (κ3) is 3.09. The summed E-state index contributed by atoms with van der Waals surface area (Å²) in [6, 6.07) is 11.7. The van der Waals surface area contributed by atoms with Crippen molar-refractivity contribution >= 4 is 5.82 Å². The first-order valence-electron chi connectivity index (χ1n) is 6.05. The fourth-order valence-electron chi connectivity index (χ4n) is 2.05. The van der Waals surface area contributed by atoms with E-state index in [0.717, 1.165) is 22.4 Å². The quantitative estimate of drug-likeness (QED) is 0.878. The number of nitriles is 1. The largest absolute Gasteiger partial charge is 0.384 e. The number of rotatable bonds is 3. The Labute approximate surface area is 112 Å². The number of hydrogen-bond donors (Lipinski definition) is 2. The molecule has 4 heteroatoms. The van der Waals surface area contributed by atoms with Crippen LogP contribution in [0.4, 0.5) is 5.82 Å². The molecule has 3 N–H and O–H groups in total. The Morgan fingerprint density at radius 1 is 1.26 bits per heavy atom. The number of hydrogen-bond acceptors (Lipinski definition) is 4. The van der Waals surface area contributed by atoms with Gasteiger partial charge in [0.25, 0.3) is 0 Å². The maximum atomic E-state index is 9.10. The minimum absolute atomic E-state index is 0.493. The van der Waals surface area contributed by atoms with Crippen LogP contribution < -0.4 is 11.1 Å². The minimum atomic E-state index is 0.493. The van der Waals surface area contributed by atoms with Crippen molar-refractivity contribution in [3.8, 4) is 17.3 Å². The van der Waals surface area contributed by atoms with E-state index in [2.05, 4.69) is 16.4 Å². The molecule has 1 heterocycles. The van der Waals surface area contributed by atoms with Crippen LogP contribution in [0, 0.1) is 18.3 Å². The Bertz CT molecular complexity index is 621. The van der Waals surface area contributed by atoms with Gasteiger partial charge in [-0.05, 0) is 55.4 Å². The second-order valence-electron chi connectivity index (χ2n) is 4.52. The normalized spacial score (nSPS) is 10.2. The van der Waals surface area contributed by atoms with Crippen LogP contribution in [0.15, 0.2) is 30.3 Å². The lowest BCUT2D eigenvalue weighted by Gasteiger charge is -2.08. The molecule has 0 spiro atoms. The molecule has 0 radical (unpaired) electrons. The lowest BCUT2D eigenvalue weighted by Crippen LogP contribution is -2.05. The molecule has 96 valence electrons. The summed E-state index contributed by atoms with van der Waals surface area (Å²) in [5.74, 6) is 0.493. The molecule has 0 amide bonds. The average molecular weight is 252 g/mol. The molecule has 1 aromatic heterocycles. The molecule has 0 bridgehead atoms. The maximum Gasteiger partial charge on any atom is 0.124 e. The Morgan fingerprint density at radius 3 is 2.68 bits per heavy atom. The summed E-state index contributed by atoms with van der Waals surface area (Å²) in [5, 5.41) is 12.2. The van der Waals surface area contributed by atoms with Crippen molar-refractivity contribution in [3.05, 3.63) is 47.0 Å². The van der Waals surface area contributed by atoms with Gasteiger partial charge in [-0.1, -0.05) is 0 Å². The number of nitrogens with zero attached hydrogens (tertiary/aromatic N) is 2. The van der Waals surface area contributed by atoms with Crippen molar-refractivity contribution < 1.29 is 0 Å². The van der Waals surface area contributed by atoms with Gasteiger partial charge in [0, 0.05) is 12.1 Å². The molecular formula is C15H16N4. The van der Waals surface area contributed by atoms with Crippen molar-refractivity contribution in [2.24, 2.45) is 0 Å². The Balaban J connectivity index is 2.54. The molecule has 0 aliphatic heterocycles. The molecular weight excluding hydrogens is 236 g/mol. The Kier molecular flexibility index (Phi) is 3.79. The number of pyridine rings is 1. The predicted octanol–water partition coefficient (Wildman–Crippen LogP) is 2.23. The monoisotopic (exact) mass is 252 g/mol. The Morgan fingerprint density at radius 2 is 2.05 bits per heavy atom. The van der Waals surface area contributed by atoms with Gasteiger partial charge in [0.1, 0.15) is 5.82 Å². The van der Waals surface area contributed by atoms with Crippen LogP contribution in [0.3, 0.4) is 0 Å². The van der Waals surface area contributed by atoms with Crippen LogP contribution in [0.5, 0.6) is 0 Å². The number of anilines is 1. The summed E-state index contributed by atoms with van der Waals surface area (Å²) in [7, 11) is 1.88. The summed E-state index contributed by atoms with van der Waals surface area (Å²) in [6.45, 7) is 2.69. The molecule has 0 unspecified atom stereocenters. The minimum Gasteiger partial charge on any atom is -0.384 e. The van der Waals surface area contributed by atoms with Gasteiger partial charge in [-0.3, -0.25) is 0 Å². The molecule has 0 aliphatic rings. The first-order valence-corrected chi connectivity index (χ1v) is 6.05. The topological polar surface area (TPSA) is 74.7 Å². The highest BCUT2D eigenvalue weighted by molar-refractivity contribution is 5.65. The molecule has 4 nitrogen and oxygen atoms in total. The third-order valence-electron chi connectivity index (χ3n) is 2.79. The van der Waals surface area contributed by atoms with E-state index in [-0.39, 0.29) is 0 Å². The van der Waals surface area contributed by atoms with Crippen molar-refractivity contribution in [2.45, 2.75) is 13.5 Å². The summed E-state index contributed by atoms with van der Waals surface area (Å²) < 4.78 is 0. The number of benzene rings is 1. The zero-order chi connectivity index (χ0) is 13.8. The van der Waals surface area contributed by atoms with Crippen LogP contribution in [0.2, 0.25) is 0 Å². The van der Waals surface area contributed by atoms with E-state index < -0.39 is 0 Å². The fraction of sp³-hybridized carbons (Fsp3) is 0.200. The molecule has 0 saturated heterocycles. The lowest BCUT2D eigenvalue weighted by molar-refractivity contribution is 0.818. The van der Waals surface area contributed by atoms with Crippen molar-refractivity contribution in [1.82, 2.24) is 10.3 Å². The number of nitrogens with two attached hydrogens (primary N) is 1. The zero-order valence-corrected chi connectivity index (χ0v) is 11.1. The van der Waals surface area contributed by atoms with Crippen LogP contribution >= 0.6 is 0 Å². The average Bonchev–Trinajstić information content (AvgIpc) is 2.37. The van der Waals surface area contributed by atoms with E-state index >= 15 is 0 Å². The molecule has 0 atom stereocenters. The highest BCUT2D eigenvalue weighted by Gasteiger charge is 2.06. The standard InChI is InChI=1S/C15H16N4/c1-10-3-14(19-15(17)4-10)13-6-11(8-16)5-12(7-13)9-18-2/h3-7,18H,9H2,1-2H3,(H2,17,19). The highest BCUT2D eigenvalue weighted by Crippen LogP contribution is 2.23. The lowest BCUT2D eigenvalue weighted by atomic mass is 10.0. The molecule has 2 aromatic rings. The van der Waals surface area contributed by atoms with Crippen LogP contribution in [0.25, 0.3) is 11.3 Å². The zero-order valence-electron chi connectivity index (χ0n) is 11.1. The second-order valence-corrected chi connectivity index (χ2v) is 4.52. The number of aryl methyl sites for hydroxylation is 1. The van der Waals surface area contributed by atoms with Crippen LogP contribution in [-0.4, -0.2) is 12.0 Å². The molecule has 0 saturated carbocycles. The van der Waals surface area contributed by atoms with Gasteiger partial charge in [-0.15, -0.1) is 0 Å². The van der Waals surface area contributed by atoms with Gasteiger partial charge in [-0.2, -0.15) is 5.26 Å². The van der Waals surface area contributed by atoms with E-state index in [1.807, 2.05) is 44.3 Å². The van der Waals surface area contributed by atoms with Gasteiger partial charge < -0.3 is 11.1 Å². The fourth-order valence-corrected chi connectivity index (χ4v) is 2.05. The summed E-state index contributed by atoms with van der Waals surface area (Å²) in [6.07, 6.45) is 0. The van der Waals surface area contributed by atoms with Crippen LogP contribution in [-0.2, 0) is 6.54 Å². The molecule has 0 fully saturated rings. The van der Waals surface area contributed by atoms with Crippen molar-refractivity contribution in [2.75, 3.05) is 12.8 Å². The molecule has 1 aromatic carbocycles. The Hall–Kier alpha value is -2.38. The number of aromatic nitrogens is 1. The number of nitrogen functional groups attached to an aromatic ring is 1. The molecule has 0 aliphatic carbocycles. The second kappa shape index (κ2) is 5.51. The summed E-state index contributed by atoms with van der Waals surface area (Å²) in [5.41, 5.74) is 10.2. The first kappa shape index (κ1) is 13.1. The first-order chi connectivity index (χ1) is 9.12. The van der Waals surface area contributed by atoms with E-state index in [1.54, 1.807) is 0 Å². The third-order valence-corrected chi connectivity index (χ3v) is 2.79. The summed E-state index contributed by atoms with van der Waals surface area (Å²) in [4.78, 5) is 4.33. The highest BCUT2D eigenvalue weighted by atomic mass is 14.8. The number of nitrogens with one attached hydrogen (secondary N) is 1. The van der Waals surface area contributed by atoms with Crippen molar-refractivity contribution in [1.29, 1.82) is 5.26 Å². The van der Waals surface area contributed by atoms with Gasteiger partial charge in [-0.25, -0.2) is 4.98 Å². The van der Waals surface area contributed by atoms with Gasteiger partial charge >= 0.3 is 0 Å². The van der Waals surface area contributed by atoms with E-state index in [1.165, 1.54) is 0 Å².